The zero-order valence-corrected chi connectivity index (χ0v) is 25.3. The molecule has 0 aromatic heterocycles. The molecule has 0 saturated heterocycles. The Labute approximate surface area is 240 Å². The lowest BCUT2D eigenvalue weighted by Gasteiger charge is -2.26. The number of carbonyl (C=O) groups is 4. The van der Waals surface area contributed by atoms with Crippen LogP contribution in [0.25, 0.3) is 0 Å². The Morgan fingerprint density at radius 3 is 0.825 bits per heavy atom. The first-order chi connectivity index (χ1) is 19.4. The van der Waals surface area contributed by atoms with Crippen LogP contribution < -0.4 is 42.5 Å². The predicted molar refractivity (Wildman–Crippen MR) is 159 cm³/mol. The molecule has 4 amide bonds. The second kappa shape index (κ2) is 26.8. The lowest BCUT2D eigenvalue weighted by molar-refractivity contribution is -0.128. The van der Waals surface area contributed by atoms with Gasteiger partial charge in [0, 0.05) is 39.3 Å². The Hall–Kier alpha value is -2.36. The molecule has 0 aliphatic heterocycles. The fraction of sp³-hybridized carbons (Fsp3) is 0.846. The second-order valence-electron chi connectivity index (χ2n) is 9.65. The summed E-state index contributed by atoms with van der Waals surface area (Å²) < 4.78 is 0. The number of nitrogens with zero attached hydrogens (tertiary/aromatic N) is 2. The minimum atomic E-state index is -0.171. The number of hydrogen-bond donors (Lipinski definition) is 8. The lowest BCUT2D eigenvalue weighted by atomic mass is 10.3. The van der Waals surface area contributed by atoms with Crippen LogP contribution >= 0.6 is 0 Å². The van der Waals surface area contributed by atoms with Gasteiger partial charge in [0.25, 0.3) is 0 Å². The average Bonchev–Trinajstić information content (AvgIpc) is 2.92. The van der Waals surface area contributed by atoms with Crippen molar-refractivity contribution >= 4 is 23.6 Å². The minimum Gasteiger partial charge on any atom is -0.355 e. The molecule has 0 aliphatic rings. The van der Waals surface area contributed by atoms with Gasteiger partial charge in [-0.2, -0.15) is 0 Å². The van der Waals surface area contributed by atoms with Crippen molar-refractivity contribution in [3.8, 4) is 0 Å². The number of hydrogen-bond acceptors (Lipinski definition) is 10. The molecule has 8 N–H and O–H groups in total. The predicted octanol–water partition coefficient (Wildman–Crippen LogP) is -3.51. The Morgan fingerprint density at radius 2 is 0.625 bits per heavy atom. The van der Waals surface area contributed by atoms with Crippen molar-refractivity contribution in [2.45, 2.75) is 25.7 Å². The molecule has 0 bridgehead atoms. The first-order valence-corrected chi connectivity index (χ1v) is 14.5. The quantitative estimate of drug-likeness (QED) is 0.0462. The number of nitrogens with one attached hydrogen (secondary N) is 8. The van der Waals surface area contributed by atoms with Gasteiger partial charge >= 0.3 is 0 Å². The third kappa shape index (κ3) is 23.5. The molecule has 0 rings (SSSR count). The third-order valence-electron chi connectivity index (χ3n) is 5.90. The molecule has 0 heterocycles. The van der Waals surface area contributed by atoms with Crippen molar-refractivity contribution in [3.05, 3.63) is 0 Å². The van der Waals surface area contributed by atoms with E-state index in [0.29, 0.717) is 39.3 Å². The summed E-state index contributed by atoms with van der Waals surface area (Å²) in [5.41, 5.74) is 0. The highest BCUT2D eigenvalue weighted by Gasteiger charge is 2.19. The number of rotatable bonds is 27. The molecule has 0 unspecified atom stereocenters. The van der Waals surface area contributed by atoms with Crippen LogP contribution in [-0.2, 0) is 19.2 Å². The van der Waals surface area contributed by atoms with Crippen LogP contribution in [0.4, 0.5) is 0 Å². The summed E-state index contributed by atoms with van der Waals surface area (Å²) in [6, 6.07) is 0. The van der Waals surface area contributed by atoms with Crippen LogP contribution in [0.5, 0.6) is 0 Å². The van der Waals surface area contributed by atoms with Gasteiger partial charge in [0.15, 0.2) is 0 Å². The summed E-state index contributed by atoms with van der Waals surface area (Å²) in [5, 5.41) is 23.7. The van der Waals surface area contributed by atoms with Gasteiger partial charge < -0.3 is 42.5 Å². The molecular weight excluding hydrogens is 516 g/mol. The molecule has 0 radical (unpaired) electrons. The van der Waals surface area contributed by atoms with E-state index in [9.17, 15) is 19.2 Å². The molecule has 0 aromatic carbocycles. The first kappa shape index (κ1) is 37.6. The first-order valence-electron chi connectivity index (χ1n) is 14.5. The molecule has 40 heavy (non-hydrogen) atoms. The van der Waals surface area contributed by atoms with Gasteiger partial charge in [-0.1, -0.05) is 0 Å². The Balaban J connectivity index is 5.18. The summed E-state index contributed by atoms with van der Waals surface area (Å²) in [4.78, 5) is 53.8. The van der Waals surface area contributed by atoms with Gasteiger partial charge in [-0.25, -0.2) is 0 Å². The molecule has 0 saturated carbocycles. The fourth-order valence-electron chi connectivity index (χ4n) is 3.72. The molecule has 234 valence electrons. The van der Waals surface area contributed by atoms with E-state index in [1.807, 2.05) is 28.2 Å². The van der Waals surface area contributed by atoms with Crippen molar-refractivity contribution in [2.24, 2.45) is 0 Å². The molecule has 14 nitrogen and oxygen atoms in total. The van der Waals surface area contributed by atoms with Gasteiger partial charge in [0.2, 0.25) is 23.6 Å². The van der Waals surface area contributed by atoms with E-state index < -0.39 is 0 Å². The lowest BCUT2D eigenvalue weighted by Crippen LogP contribution is -2.49. The maximum atomic E-state index is 12.6. The number of carbonyl (C=O) groups excluding carboxylic acids is 4. The SMILES string of the molecule is CNCCCNC(=O)CN(CCN(CC(=O)NCCCNC)CC(=O)NCCCNC)CC(=O)NCCCNC. The van der Waals surface area contributed by atoms with Gasteiger partial charge in [-0.3, -0.25) is 29.0 Å². The molecule has 0 fully saturated rings. The normalized spacial score (nSPS) is 11.1. The zero-order chi connectivity index (χ0) is 29.8. The Morgan fingerprint density at radius 1 is 0.400 bits per heavy atom. The van der Waals surface area contributed by atoms with Gasteiger partial charge in [0.05, 0.1) is 26.2 Å². The van der Waals surface area contributed by atoms with Crippen molar-refractivity contribution in [1.29, 1.82) is 0 Å². The molecule has 0 atom stereocenters. The minimum absolute atomic E-state index is 0.0454. The topological polar surface area (TPSA) is 171 Å². The Kier molecular flexibility index (Phi) is 25.3. The highest BCUT2D eigenvalue weighted by molar-refractivity contribution is 5.82. The van der Waals surface area contributed by atoms with E-state index in [1.54, 1.807) is 9.80 Å². The molecule has 14 heteroatoms. The summed E-state index contributed by atoms with van der Waals surface area (Å²) >= 11 is 0. The van der Waals surface area contributed by atoms with Crippen LogP contribution in [0.3, 0.4) is 0 Å². The Bertz CT molecular complexity index is 576. The monoisotopic (exact) mass is 572 g/mol. The van der Waals surface area contributed by atoms with E-state index in [1.165, 1.54) is 0 Å². The van der Waals surface area contributed by atoms with Crippen LogP contribution in [-0.4, -0.2) is 153 Å². The fourth-order valence-corrected chi connectivity index (χ4v) is 3.72. The van der Waals surface area contributed by atoms with E-state index in [2.05, 4.69) is 42.5 Å². The van der Waals surface area contributed by atoms with E-state index in [0.717, 1.165) is 51.9 Å². The molecule has 0 spiro atoms. The zero-order valence-electron chi connectivity index (χ0n) is 25.3. The second-order valence-corrected chi connectivity index (χ2v) is 9.65. The van der Waals surface area contributed by atoms with E-state index in [-0.39, 0.29) is 49.8 Å². The highest BCUT2D eigenvalue weighted by Crippen LogP contribution is 1.96. The van der Waals surface area contributed by atoms with Crippen molar-refractivity contribution < 1.29 is 19.2 Å². The van der Waals surface area contributed by atoms with Crippen LogP contribution in [0.2, 0.25) is 0 Å². The maximum absolute atomic E-state index is 12.6. The summed E-state index contributed by atoms with van der Waals surface area (Å²) in [6.45, 7) is 6.19. The van der Waals surface area contributed by atoms with Crippen LogP contribution in [0.15, 0.2) is 0 Å². The maximum Gasteiger partial charge on any atom is 0.234 e. The average molecular weight is 573 g/mol. The van der Waals surface area contributed by atoms with Gasteiger partial charge in [0.1, 0.15) is 0 Å². The van der Waals surface area contributed by atoms with E-state index >= 15 is 0 Å². The van der Waals surface area contributed by atoms with Crippen LogP contribution in [0, 0.1) is 0 Å². The third-order valence-corrected chi connectivity index (χ3v) is 5.90. The van der Waals surface area contributed by atoms with Crippen molar-refractivity contribution in [1.82, 2.24) is 52.3 Å². The van der Waals surface area contributed by atoms with Crippen molar-refractivity contribution in [2.75, 3.05) is 120 Å². The summed E-state index contributed by atoms with van der Waals surface area (Å²) in [7, 11) is 7.43. The summed E-state index contributed by atoms with van der Waals surface area (Å²) in [5.74, 6) is -0.684. The summed E-state index contributed by atoms with van der Waals surface area (Å²) in [6.07, 6.45) is 3.20. The van der Waals surface area contributed by atoms with Gasteiger partial charge in [-0.15, -0.1) is 0 Å². The largest absolute Gasteiger partial charge is 0.355 e. The molecule has 0 aliphatic carbocycles. The molecule has 0 aromatic rings. The van der Waals surface area contributed by atoms with Crippen LogP contribution in [0.1, 0.15) is 25.7 Å². The highest BCUT2D eigenvalue weighted by atomic mass is 16.2. The standard InChI is InChI=1S/C26H56N10O4/c1-27-9-5-13-31-23(37)19-35(20-24(38)32-14-6-10-28-2)17-18-36(21-25(39)33-15-7-11-29-3)22-26(40)34-16-8-12-30-4/h27-30H,5-22H2,1-4H3,(H,31,37)(H,32,38)(H,33,39)(H,34,40). The smallest absolute Gasteiger partial charge is 0.234 e. The van der Waals surface area contributed by atoms with Gasteiger partial charge in [-0.05, 0) is 80.1 Å². The van der Waals surface area contributed by atoms with Crippen molar-refractivity contribution in [3.63, 3.8) is 0 Å². The number of amides is 4. The van der Waals surface area contributed by atoms with E-state index in [4.69, 9.17) is 0 Å². The molecular formula is C26H56N10O4.